The molecule has 4 fully saturated rings. The van der Waals surface area contributed by atoms with Crippen molar-refractivity contribution in [3.05, 3.63) is 11.9 Å². The molecule has 4 nitrogen and oxygen atoms in total. The van der Waals surface area contributed by atoms with E-state index in [1.165, 1.54) is 38.5 Å². The molecule has 21 heavy (non-hydrogen) atoms. The summed E-state index contributed by atoms with van der Waals surface area (Å²) in [5, 5.41) is 19.2. The average molecular weight is 289 g/mol. The van der Waals surface area contributed by atoms with Crippen LogP contribution in [0.5, 0.6) is 0 Å². The quantitative estimate of drug-likeness (QED) is 0.931. The highest BCUT2D eigenvalue weighted by atomic mass is 16.3. The van der Waals surface area contributed by atoms with Gasteiger partial charge < -0.3 is 5.11 Å². The molecule has 0 aliphatic heterocycles. The summed E-state index contributed by atoms with van der Waals surface area (Å²) in [6.07, 6.45) is 10.1. The molecule has 1 aromatic rings. The molecule has 0 saturated heterocycles. The van der Waals surface area contributed by atoms with E-state index < -0.39 is 0 Å². The third-order valence-corrected chi connectivity index (χ3v) is 6.43. The van der Waals surface area contributed by atoms with Crippen LogP contribution in [0, 0.1) is 22.2 Å². The molecule has 0 aromatic carbocycles. The van der Waals surface area contributed by atoms with Gasteiger partial charge in [-0.1, -0.05) is 19.1 Å². The number of aromatic nitrogens is 3. The molecular weight excluding hydrogens is 262 g/mol. The van der Waals surface area contributed by atoms with Gasteiger partial charge in [0.1, 0.15) is 0 Å². The van der Waals surface area contributed by atoms with Gasteiger partial charge in [0.15, 0.2) is 0 Å². The Bertz CT molecular complexity index is 548. The molecule has 4 aliphatic rings. The Morgan fingerprint density at radius 2 is 1.90 bits per heavy atom. The minimum Gasteiger partial charge on any atom is -0.392 e. The Kier molecular flexibility index (Phi) is 2.68. The highest BCUT2D eigenvalue weighted by Gasteiger charge is 2.61. The second-order valence-electron chi connectivity index (χ2n) is 9.10. The maximum Gasteiger partial charge on any atom is 0.0852 e. The van der Waals surface area contributed by atoms with Gasteiger partial charge in [0, 0.05) is 19.7 Å². The van der Waals surface area contributed by atoms with E-state index in [0.29, 0.717) is 17.3 Å². The summed E-state index contributed by atoms with van der Waals surface area (Å²) in [5.41, 5.74) is 1.96. The van der Waals surface area contributed by atoms with Gasteiger partial charge in [0.05, 0.1) is 11.8 Å². The number of hydrogen-bond acceptors (Lipinski definition) is 3. The minimum atomic E-state index is -0.267. The molecule has 0 radical (unpaired) electrons. The van der Waals surface area contributed by atoms with Gasteiger partial charge in [-0.15, -0.1) is 5.10 Å². The van der Waals surface area contributed by atoms with Crippen molar-refractivity contribution in [3.63, 3.8) is 0 Å². The van der Waals surface area contributed by atoms with E-state index in [1.807, 2.05) is 13.2 Å². The minimum absolute atomic E-state index is 0.125. The van der Waals surface area contributed by atoms with Gasteiger partial charge >= 0.3 is 0 Å². The zero-order valence-corrected chi connectivity index (χ0v) is 13.5. The molecule has 1 aromatic heterocycles. The maximum absolute atomic E-state index is 11.0. The fraction of sp³-hybridized carbons (Fsp3) is 0.882. The van der Waals surface area contributed by atoms with Crippen LogP contribution in [0.25, 0.3) is 0 Å². The molecule has 1 heterocycles. The summed E-state index contributed by atoms with van der Waals surface area (Å²) in [6.45, 7) is 4.92. The number of hydrogen-bond donors (Lipinski definition) is 1. The fourth-order valence-corrected chi connectivity index (χ4v) is 6.81. The van der Waals surface area contributed by atoms with Crippen LogP contribution in [-0.4, -0.2) is 26.2 Å². The third kappa shape index (κ3) is 2.14. The van der Waals surface area contributed by atoms with Crippen molar-refractivity contribution >= 4 is 0 Å². The summed E-state index contributed by atoms with van der Waals surface area (Å²) in [4.78, 5) is 0. The van der Waals surface area contributed by atoms with E-state index in [-0.39, 0.29) is 11.5 Å². The van der Waals surface area contributed by atoms with Gasteiger partial charge in [-0.3, -0.25) is 4.68 Å². The molecule has 4 saturated carbocycles. The van der Waals surface area contributed by atoms with E-state index in [4.69, 9.17) is 0 Å². The first-order valence-electron chi connectivity index (χ1n) is 8.33. The van der Waals surface area contributed by atoms with Crippen LogP contribution in [-0.2, 0) is 13.5 Å². The molecule has 5 rings (SSSR count). The van der Waals surface area contributed by atoms with Crippen LogP contribution in [0.1, 0.15) is 58.1 Å². The molecule has 1 N–H and O–H groups in total. The molecule has 3 unspecified atom stereocenters. The van der Waals surface area contributed by atoms with Gasteiger partial charge in [-0.05, 0) is 60.7 Å². The van der Waals surface area contributed by atoms with E-state index in [0.717, 1.165) is 11.6 Å². The zero-order chi connectivity index (χ0) is 14.9. The lowest BCUT2D eigenvalue weighted by molar-refractivity contribution is -0.185. The molecular formula is C17H27N3O. The van der Waals surface area contributed by atoms with Crippen molar-refractivity contribution in [1.29, 1.82) is 0 Å². The summed E-state index contributed by atoms with van der Waals surface area (Å²) >= 11 is 0. The SMILES string of the molecule is Cn1cc(CC(O)C23CC4CC(C)(CC(C)(C4)C2)C3)nn1. The van der Waals surface area contributed by atoms with Crippen LogP contribution in [0.4, 0.5) is 0 Å². The second-order valence-corrected chi connectivity index (χ2v) is 9.10. The number of rotatable bonds is 3. The number of aliphatic hydroxyl groups is 1. The first-order chi connectivity index (χ1) is 9.80. The fourth-order valence-electron chi connectivity index (χ4n) is 6.81. The average Bonchev–Trinajstić information content (AvgIpc) is 2.69. The Morgan fingerprint density at radius 1 is 1.24 bits per heavy atom. The van der Waals surface area contributed by atoms with Crippen molar-refractivity contribution in [2.24, 2.45) is 29.2 Å². The van der Waals surface area contributed by atoms with Gasteiger partial charge in [-0.2, -0.15) is 0 Å². The highest BCUT2D eigenvalue weighted by Crippen LogP contribution is 2.70. The van der Waals surface area contributed by atoms with Crippen molar-refractivity contribution in [1.82, 2.24) is 15.0 Å². The number of aryl methyl sites for hydroxylation is 1. The zero-order valence-electron chi connectivity index (χ0n) is 13.5. The van der Waals surface area contributed by atoms with Crippen molar-refractivity contribution < 1.29 is 5.11 Å². The first kappa shape index (κ1) is 13.7. The normalized spacial score (nSPS) is 46.0. The summed E-state index contributed by atoms with van der Waals surface area (Å²) < 4.78 is 1.73. The summed E-state index contributed by atoms with van der Waals surface area (Å²) in [6, 6.07) is 0. The summed E-state index contributed by atoms with van der Waals surface area (Å²) in [7, 11) is 1.88. The Labute approximate surface area is 126 Å². The van der Waals surface area contributed by atoms with Gasteiger partial charge in [0.25, 0.3) is 0 Å². The van der Waals surface area contributed by atoms with Crippen molar-refractivity contribution in [2.75, 3.05) is 0 Å². The highest BCUT2D eigenvalue weighted by molar-refractivity contribution is 5.13. The predicted octanol–water partition coefficient (Wildman–Crippen LogP) is 2.72. The van der Waals surface area contributed by atoms with Gasteiger partial charge in [-0.25, -0.2) is 0 Å². The van der Waals surface area contributed by atoms with E-state index >= 15 is 0 Å². The monoisotopic (exact) mass is 289 g/mol. The Hall–Kier alpha value is -0.900. The first-order valence-corrected chi connectivity index (χ1v) is 8.33. The van der Waals surface area contributed by atoms with Gasteiger partial charge in [0.2, 0.25) is 0 Å². The Balaban J connectivity index is 1.61. The van der Waals surface area contributed by atoms with Crippen LogP contribution >= 0.6 is 0 Å². The third-order valence-electron chi connectivity index (χ3n) is 6.43. The lowest BCUT2D eigenvalue weighted by atomic mass is 9.39. The van der Waals surface area contributed by atoms with Crippen LogP contribution in [0.3, 0.4) is 0 Å². The lowest BCUT2D eigenvalue weighted by Crippen LogP contribution is -2.59. The van der Waals surface area contributed by atoms with Crippen molar-refractivity contribution in [2.45, 2.75) is 64.9 Å². The largest absolute Gasteiger partial charge is 0.392 e. The van der Waals surface area contributed by atoms with E-state index in [9.17, 15) is 5.11 Å². The topological polar surface area (TPSA) is 50.9 Å². The second kappa shape index (κ2) is 4.09. The molecule has 4 heteroatoms. The molecule has 116 valence electrons. The lowest BCUT2D eigenvalue weighted by Gasteiger charge is -2.66. The van der Waals surface area contributed by atoms with Crippen LogP contribution in [0.2, 0.25) is 0 Å². The molecule has 0 spiro atoms. The smallest absolute Gasteiger partial charge is 0.0852 e. The van der Waals surface area contributed by atoms with Crippen molar-refractivity contribution in [3.8, 4) is 0 Å². The predicted molar refractivity (Wildman–Crippen MR) is 80.6 cm³/mol. The van der Waals surface area contributed by atoms with Crippen LogP contribution < -0.4 is 0 Å². The Morgan fingerprint density at radius 3 is 2.43 bits per heavy atom. The van der Waals surface area contributed by atoms with E-state index in [1.54, 1.807) is 4.68 Å². The summed E-state index contributed by atoms with van der Waals surface area (Å²) in [5.74, 6) is 0.827. The number of aliphatic hydroxyl groups excluding tert-OH is 1. The molecule has 4 aliphatic carbocycles. The standard InChI is InChI=1S/C17H27N3O/c1-15-5-12-6-16(2,9-15)11-17(7-12,10-15)14(21)4-13-8-20(3)19-18-13/h8,12,14,21H,4-7,9-11H2,1-3H3. The van der Waals surface area contributed by atoms with Crippen LogP contribution in [0.15, 0.2) is 6.20 Å². The molecule has 3 atom stereocenters. The molecule has 0 amide bonds. The van der Waals surface area contributed by atoms with E-state index in [2.05, 4.69) is 24.2 Å². The maximum atomic E-state index is 11.0. The molecule has 4 bridgehead atoms. The number of nitrogens with zero attached hydrogens (tertiary/aromatic N) is 3.